The second kappa shape index (κ2) is 19.5. The van der Waals surface area contributed by atoms with Gasteiger partial charge in [-0.3, -0.25) is 14.7 Å². The smallest absolute Gasteiger partial charge is 0.326 e. The summed E-state index contributed by atoms with van der Waals surface area (Å²) in [5.41, 5.74) is 10.5. The number of carbonyl (C=O) groups excluding carboxylic acids is 1. The van der Waals surface area contributed by atoms with Crippen molar-refractivity contribution in [1.29, 1.82) is 0 Å². The molecule has 2 unspecified atom stereocenters. The summed E-state index contributed by atoms with van der Waals surface area (Å²) >= 11 is 19.2. The van der Waals surface area contributed by atoms with Gasteiger partial charge in [0, 0.05) is 42.6 Å². The normalized spacial score (nSPS) is 17.0. The minimum atomic E-state index is -1.21. The highest BCUT2D eigenvalue weighted by molar-refractivity contribution is 6.42. The zero-order valence-electron chi connectivity index (χ0n) is 35.3. The van der Waals surface area contributed by atoms with Crippen LogP contribution in [0.5, 0.6) is 11.5 Å². The minimum absolute atomic E-state index is 0.0122. The molecule has 0 aliphatic carbocycles. The van der Waals surface area contributed by atoms with Gasteiger partial charge in [0.25, 0.3) is 0 Å². The molecule has 0 saturated heterocycles. The van der Waals surface area contributed by atoms with E-state index in [1.165, 1.54) is 5.56 Å². The molecule has 2 aliphatic rings. The van der Waals surface area contributed by atoms with Crippen molar-refractivity contribution in [2.45, 2.75) is 90.1 Å². The SMILES string of the molecule is CCC(Oc1ccc(C2CCOc3cc4c(cc3C2)CN(Cc2cccnn2)[C@H](C(=O)N[C@@H](Cc2ccc(-c3ccnc(C)c3C)cc2Cl)C(=O)O)C4)cc1)c1ccc(Cl)c(Cl)c1. The zero-order valence-corrected chi connectivity index (χ0v) is 37.6. The summed E-state index contributed by atoms with van der Waals surface area (Å²) in [5.74, 6) is 0.262. The second-order valence-electron chi connectivity index (χ2n) is 16.3. The van der Waals surface area contributed by atoms with Gasteiger partial charge in [-0.05, 0) is 150 Å². The van der Waals surface area contributed by atoms with E-state index >= 15 is 0 Å². The van der Waals surface area contributed by atoms with Gasteiger partial charge in [0.1, 0.15) is 23.6 Å². The molecule has 4 heterocycles. The number of aryl methyl sites for hydroxylation is 1. The van der Waals surface area contributed by atoms with Crippen molar-refractivity contribution in [3.05, 3.63) is 169 Å². The number of carboxylic acids is 1. The van der Waals surface area contributed by atoms with Crippen LogP contribution in [0.1, 0.15) is 82.1 Å². The van der Waals surface area contributed by atoms with Gasteiger partial charge in [-0.25, -0.2) is 4.79 Å². The summed E-state index contributed by atoms with van der Waals surface area (Å²) < 4.78 is 12.8. The number of amides is 1. The first kappa shape index (κ1) is 44.1. The molecule has 2 N–H and O–H groups in total. The number of pyridine rings is 1. The molecule has 0 spiro atoms. The molecular formula is C50H48Cl3N5O5. The Labute approximate surface area is 382 Å². The molecule has 2 aromatic heterocycles. The van der Waals surface area contributed by atoms with E-state index in [2.05, 4.69) is 51.7 Å². The average Bonchev–Trinajstić information content (AvgIpc) is 3.49. The highest BCUT2D eigenvalue weighted by Gasteiger charge is 2.35. The Morgan fingerprint density at radius 2 is 1.73 bits per heavy atom. The van der Waals surface area contributed by atoms with Gasteiger partial charge < -0.3 is 19.9 Å². The first-order valence-corrected chi connectivity index (χ1v) is 22.3. The summed E-state index contributed by atoms with van der Waals surface area (Å²) in [4.78, 5) is 33.4. The van der Waals surface area contributed by atoms with Crippen LogP contribution in [0.4, 0.5) is 0 Å². The molecule has 8 rings (SSSR count). The van der Waals surface area contributed by atoms with Crippen LogP contribution in [0, 0.1) is 13.8 Å². The highest BCUT2D eigenvalue weighted by atomic mass is 35.5. The van der Waals surface area contributed by atoms with Crippen molar-refractivity contribution >= 4 is 46.7 Å². The van der Waals surface area contributed by atoms with Crippen molar-refractivity contribution in [3.63, 3.8) is 0 Å². The van der Waals surface area contributed by atoms with Gasteiger partial charge in [-0.2, -0.15) is 10.2 Å². The van der Waals surface area contributed by atoms with Crippen LogP contribution in [0.25, 0.3) is 11.1 Å². The molecule has 0 radical (unpaired) electrons. The Hall–Kier alpha value is -5.52. The topological polar surface area (TPSA) is 127 Å². The van der Waals surface area contributed by atoms with Gasteiger partial charge in [-0.1, -0.05) is 78.1 Å². The van der Waals surface area contributed by atoms with E-state index in [4.69, 9.17) is 44.3 Å². The molecule has 63 heavy (non-hydrogen) atoms. The molecule has 0 bridgehead atoms. The van der Waals surface area contributed by atoms with Gasteiger partial charge in [-0.15, -0.1) is 0 Å². The van der Waals surface area contributed by atoms with E-state index in [0.717, 1.165) is 75.4 Å². The lowest BCUT2D eigenvalue weighted by Crippen LogP contribution is -2.54. The first-order chi connectivity index (χ1) is 30.4. The quantitative estimate of drug-likeness (QED) is 0.116. The molecule has 4 aromatic carbocycles. The molecule has 324 valence electrons. The Bertz CT molecular complexity index is 2630. The van der Waals surface area contributed by atoms with Gasteiger partial charge >= 0.3 is 5.97 Å². The van der Waals surface area contributed by atoms with E-state index in [1.807, 2.05) is 79.4 Å². The average molecular weight is 905 g/mol. The maximum atomic E-state index is 14.3. The Kier molecular flexibility index (Phi) is 13.6. The number of aliphatic carboxylic acids is 1. The van der Waals surface area contributed by atoms with E-state index in [0.29, 0.717) is 52.4 Å². The minimum Gasteiger partial charge on any atom is -0.493 e. The molecule has 4 atom stereocenters. The molecule has 0 fully saturated rings. The summed E-state index contributed by atoms with van der Waals surface area (Å²) in [6.45, 7) is 7.37. The van der Waals surface area contributed by atoms with Crippen molar-refractivity contribution in [3.8, 4) is 22.6 Å². The number of ether oxygens (including phenoxy) is 2. The number of hydrogen-bond donors (Lipinski definition) is 2. The fourth-order valence-electron chi connectivity index (χ4n) is 8.63. The number of nitrogens with one attached hydrogen (secondary N) is 1. The van der Waals surface area contributed by atoms with Crippen molar-refractivity contribution in [2.24, 2.45) is 0 Å². The summed E-state index contributed by atoms with van der Waals surface area (Å²) in [7, 11) is 0. The number of benzene rings is 4. The number of halogens is 3. The van der Waals surface area contributed by atoms with E-state index in [1.54, 1.807) is 18.5 Å². The maximum Gasteiger partial charge on any atom is 0.326 e. The predicted molar refractivity (Wildman–Crippen MR) is 246 cm³/mol. The van der Waals surface area contributed by atoms with E-state index < -0.39 is 24.0 Å². The van der Waals surface area contributed by atoms with Crippen molar-refractivity contribution < 1.29 is 24.2 Å². The molecule has 0 saturated carbocycles. The number of rotatable bonds is 13. The van der Waals surface area contributed by atoms with Crippen LogP contribution in [0.2, 0.25) is 15.1 Å². The standard InChI is InChI=1S/C50H48Cl3N5O5/c1-4-47(35-11-14-42(51)44(53)23-35)63-40-12-9-31(10-13-40)32-16-19-62-48-26-36-25-46(58(27-38(36)21-37(48)20-32)28-39-6-5-17-55-57-39)49(59)56-45(50(60)61)24-34-8-7-33(22-43(34)52)41-15-18-54-30(3)29(41)2/h5-15,17-18,21-23,26,32,45-47H,4,16,19-20,24-25,27-28H2,1-3H3,(H,56,59)(H,60,61)/t32?,45-,46-,47?/m0/s1. The number of carbonyl (C=O) groups is 2. The first-order valence-electron chi connectivity index (χ1n) is 21.2. The molecule has 2 aliphatic heterocycles. The second-order valence-corrected chi connectivity index (χ2v) is 17.6. The van der Waals surface area contributed by atoms with Crippen molar-refractivity contribution in [1.82, 2.24) is 25.4 Å². The van der Waals surface area contributed by atoms with Crippen molar-refractivity contribution in [2.75, 3.05) is 6.61 Å². The lowest BCUT2D eigenvalue weighted by Gasteiger charge is -2.36. The van der Waals surface area contributed by atoms with Crippen LogP contribution in [0.15, 0.2) is 103 Å². The number of nitrogens with zero attached hydrogens (tertiary/aromatic N) is 4. The summed E-state index contributed by atoms with van der Waals surface area (Å²) in [5, 5.41) is 23.1. The van der Waals surface area contributed by atoms with Crippen LogP contribution in [-0.2, 0) is 41.9 Å². The lowest BCUT2D eigenvalue weighted by atomic mass is 9.86. The monoisotopic (exact) mass is 903 g/mol. The third-order valence-corrected chi connectivity index (χ3v) is 13.4. The third-order valence-electron chi connectivity index (χ3n) is 12.3. The summed E-state index contributed by atoms with van der Waals surface area (Å²) in [6, 6.07) is 27.5. The molecule has 13 heteroatoms. The Morgan fingerprint density at radius 1 is 0.905 bits per heavy atom. The van der Waals surface area contributed by atoms with Crippen LogP contribution in [-0.4, -0.2) is 55.8 Å². The van der Waals surface area contributed by atoms with Gasteiger partial charge in [0.2, 0.25) is 5.91 Å². The number of carboxylic acid groups (broad SMARTS) is 1. The number of fused-ring (bicyclic) bond motifs is 2. The predicted octanol–water partition coefficient (Wildman–Crippen LogP) is 10.5. The van der Waals surface area contributed by atoms with Crippen LogP contribution in [0.3, 0.4) is 0 Å². The van der Waals surface area contributed by atoms with Gasteiger partial charge in [0.15, 0.2) is 0 Å². The number of aromatic nitrogens is 3. The molecule has 6 aromatic rings. The Balaban J connectivity index is 0.991. The van der Waals surface area contributed by atoms with Crippen LogP contribution >= 0.6 is 34.8 Å². The van der Waals surface area contributed by atoms with Gasteiger partial charge in [0.05, 0.1) is 28.4 Å². The third kappa shape index (κ3) is 10.2. The highest BCUT2D eigenvalue weighted by Crippen LogP contribution is 2.38. The van der Waals surface area contributed by atoms with Crippen LogP contribution < -0.4 is 14.8 Å². The lowest BCUT2D eigenvalue weighted by molar-refractivity contribution is -0.142. The molecular weight excluding hydrogens is 857 g/mol. The molecule has 10 nitrogen and oxygen atoms in total. The summed E-state index contributed by atoms with van der Waals surface area (Å²) in [6.07, 6.45) is 5.95. The maximum absolute atomic E-state index is 14.3. The number of hydrogen-bond acceptors (Lipinski definition) is 8. The fraction of sp³-hybridized carbons (Fsp3) is 0.300. The zero-order chi connectivity index (χ0) is 44.2. The van der Waals surface area contributed by atoms with E-state index in [-0.39, 0.29) is 18.4 Å². The largest absolute Gasteiger partial charge is 0.493 e. The fourth-order valence-corrected chi connectivity index (χ4v) is 9.20. The Morgan fingerprint density at radius 3 is 2.46 bits per heavy atom. The molecule has 1 amide bonds. The van der Waals surface area contributed by atoms with E-state index in [9.17, 15) is 14.7 Å².